The van der Waals surface area contributed by atoms with Gasteiger partial charge in [-0.25, -0.2) is 9.59 Å². The lowest BCUT2D eigenvalue weighted by atomic mass is 9.80. The van der Waals surface area contributed by atoms with Crippen molar-refractivity contribution in [2.24, 2.45) is 11.8 Å². The van der Waals surface area contributed by atoms with Gasteiger partial charge in [0.05, 0.1) is 18.7 Å². The minimum atomic E-state index is -1.82. The summed E-state index contributed by atoms with van der Waals surface area (Å²) in [7, 11) is 0. The minimum absolute atomic E-state index is 0.719. The van der Waals surface area contributed by atoms with Crippen molar-refractivity contribution in [2.45, 2.75) is 78.1 Å². The van der Waals surface area contributed by atoms with E-state index in [4.69, 9.17) is 29.3 Å². The van der Waals surface area contributed by atoms with E-state index in [-0.39, 0.29) is 0 Å². The number of piperidine rings is 1. The van der Waals surface area contributed by atoms with Crippen molar-refractivity contribution in [1.82, 2.24) is 14.8 Å². The Morgan fingerprint density at radius 1 is 0.930 bits per heavy atom. The summed E-state index contributed by atoms with van der Waals surface area (Å²) in [5.41, 5.74) is 2.50. The highest BCUT2D eigenvalue weighted by molar-refractivity contribution is 6.27. The van der Waals surface area contributed by atoms with Crippen LogP contribution in [-0.4, -0.2) is 96.0 Å². The number of benzene rings is 1. The van der Waals surface area contributed by atoms with Crippen molar-refractivity contribution in [3.05, 3.63) is 36.0 Å². The van der Waals surface area contributed by atoms with Gasteiger partial charge in [0.15, 0.2) is 0 Å². The number of nitrogens with zero attached hydrogens (tertiary/aromatic N) is 3. The van der Waals surface area contributed by atoms with E-state index in [9.17, 15) is 0 Å². The second-order valence-corrected chi connectivity index (χ2v) is 11.9. The molecule has 0 radical (unpaired) electrons. The van der Waals surface area contributed by atoms with E-state index in [1.807, 2.05) is 6.20 Å². The van der Waals surface area contributed by atoms with Crippen molar-refractivity contribution in [3.8, 4) is 5.75 Å². The van der Waals surface area contributed by atoms with Gasteiger partial charge >= 0.3 is 11.9 Å². The van der Waals surface area contributed by atoms with Crippen LogP contribution in [0.5, 0.6) is 5.75 Å². The second kappa shape index (κ2) is 19.5. The SMILES string of the molecule is CCCCCCCN1CC[C@@H](CCCc2ccnc3ccc(OCCN4CCOCC4)cc23)[C@@H](CC)C1.O=C(O)C(=O)O. The number of likely N-dealkylation sites (tertiary alicyclic amines) is 1. The van der Waals surface area contributed by atoms with Crippen molar-refractivity contribution >= 4 is 22.8 Å². The molecule has 240 valence electrons. The van der Waals surface area contributed by atoms with Crippen LogP contribution >= 0.6 is 0 Å². The first-order valence-corrected chi connectivity index (χ1v) is 16.4. The van der Waals surface area contributed by atoms with E-state index in [0.717, 1.165) is 69.0 Å². The standard InChI is InChI=1S/C32H51N3O2.C2H2O4/c1-3-5-6-7-8-17-35-18-15-28(27(4-2)26-35)10-9-11-29-14-16-33-32-13-12-30(25-31(29)32)37-24-21-34-19-22-36-23-20-34;3-1(4)2(5)6/h12-14,16,25,27-28H,3-11,15,17-24,26H2,1-2H3;(H,3,4)(H,5,6)/t27-,28+;/m0./s1. The molecule has 0 aliphatic carbocycles. The number of hydrogen-bond acceptors (Lipinski definition) is 7. The summed E-state index contributed by atoms with van der Waals surface area (Å²) in [6, 6.07) is 8.62. The summed E-state index contributed by atoms with van der Waals surface area (Å²) < 4.78 is 11.6. The molecule has 2 aliphatic heterocycles. The minimum Gasteiger partial charge on any atom is -0.492 e. The first-order chi connectivity index (χ1) is 20.9. The van der Waals surface area contributed by atoms with Gasteiger partial charge < -0.3 is 24.6 Å². The Labute approximate surface area is 257 Å². The third-order valence-corrected chi connectivity index (χ3v) is 8.87. The number of aliphatic carboxylic acids is 2. The number of morpholine rings is 1. The molecule has 2 aromatic rings. The molecular weight excluding hydrogens is 546 g/mol. The first-order valence-electron chi connectivity index (χ1n) is 16.4. The Balaban J connectivity index is 0.000000765. The zero-order valence-electron chi connectivity index (χ0n) is 26.3. The number of rotatable bonds is 15. The summed E-state index contributed by atoms with van der Waals surface area (Å²) in [6.07, 6.45) is 15.4. The third kappa shape index (κ3) is 12.4. The van der Waals surface area contributed by atoms with E-state index in [1.54, 1.807) is 0 Å². The highest BCUT2D eigenvalue weighted by Crippen LogP contribution is 2.31. The lowest BCUT2D eigenvalue weighted by molar-refractivity contribution is -0.159. The van der Waals surface area contributed by atoms with Crippen LogP contribution in [0.25, 0.3) is 10.9 Å². The van der Waals surface area contributed by atoms with Crippen LogP contribution in [-0.2, 0) is 20.7 Å². The molecule has 2 saturated heterocycles. The van der Waals surface area contributed by atoms with Crippen molar-refractivity contribution < 1.29 is 29.3 Å². The number of hydrogen-bond donors (Lipinski definition) is 2. The van der Waals surface area contributed by atoms with Gasteiger partial charge in [-0.3, -0.25) is 9.88 Å². The zero-order valence-corrected chi connectivity index (χ0v) is 26.3. The number of carboxylic acid groups (broad SMARTS) is 2. The molecular formula is C34H53N3O6. The van der Waals surface area contributed by atoms with Gasteiger partial charge in [-0.2, -0.15) is 0 Å². The van der Waals surface area contributed by atoms with Crippen LogP contribution in [0.1, 0.15) is 77.2 Å². The molecule has 0 spiro atoms. The van der Waals surface area contributed by atoms with Crippen LogP contribution < -0.4 is 4.74 Å². The van der Waals surface area contributed by atoms with Crippen LogP contribution in [0.4, 0.5) is 0 Å². The van der Waals surface area contributed by atoms with Gasteiger partial charge in [-0.05, 0) is 86.9 Å². The number of ether oxygens (including phenoxy) is 2. The number of carbonyl (C=O) groups is 2. The molecule has 0 saturated carbocycles. The molecule has 43 heavy (non-hydrogen) atoms. The maximum Gasteiger partial charge on any atom is 0.414 e. The molecule has 2 N–H and O–H groups in total. The smallest absolute Gasteiger partial charge is 0.414 e. The van der Waals surface area contributed by atoms with Gasteiger partial charge in [-0.15, -0.1) is 0 Å². The molecule has 4 rings (SSSR count). The van der Waals surface area contributed by atoms with Crippen LogP contribution in [0.2, 0.25) is 0 Å². The van der Waals surface area contributed by atoms with Gasteiger partial charge in [0.25, 0.3) is 0 Å². The van der Waals surface area contributed by atoms with Crippen molar-refractivity contribution in [1.29, 1.82) is 0 Å². The largest absolute Gasteiger partial charge is 0.492 e. The number of aromatic nitrogens is 1. The lowest BCUT2D eigenvalue weighted by Gasteiger charge is -2.38. The van der Waals surface area contributed by atoms with Gasteiger partial charge in [0.2, 0.25) is 0 Å². The third-order valence-electron chi connectivity index (χ3n) is 8.87. The molecule has 2 aliphatic rings. The highest BCUT2D eigenvalue weighted by Gasteiger charge is 2.27. The maximum atomic E-state index is 9.10. The lowest BCUT2D eigenvalue weighted by Crippen LogP contribution is -2.40. The summed E-state index contributed by atoms with van der Waals surface area (Å²) in [6.45, 7) is 14.0. The average Bonchev–Trinajstić information content (AvgIpc) is 3.02. The molecule has 2 atom stereocenters. The van der Waals surface area contributed by atoms with Crippen molar-refractivity contribution in [3.63, 3.8) is 0 Å². The molecule has 1 aromatic heterocycles. The predicted molar refractivity (Wildman–Crippen MR) is 170 cm³/mol. The highest BCUT2D eigenvalue weighted by atomic mass is 16.5. The fourth-order valence-electron chi connectivity index (χ4n) is 6.30. The second-order valence-electron chi connectivity index (χ2n) is 11.9. The maximum absolute atomic E-state index is 9.10. The molecule has 0 unspecified atom stereocenters. The Hall–Kier alpha value is -2.75. The summed E-state index contributed by atoms with van der Waals surface area (Å²) in [4.78, 5) is 28.0. The summed E-state index contributed by atoms with van der Waals surface area (Å²) in [5.74, 6) is -0.938. The number of pyridine rings is 1. The van der Waals surface area contributed by atoms with E-state index >= 15 is 0 Å². The Kier molecular flexibility index (Phi) is 15.8. The van der Waals surface area contributed by atoms with Crippen LogP contribution in [0.15, 0.2) is 30.5 Å². The number of aryl methyl sites for hydroxylation is 1. The molecule has 0 bridgehead atoms. The Morgan fingerprint density at radius 3 is 2.42 bits per heavy atom. The number of unbranched alkanes of at least 4 members (excludes halogenated alkanes) is 4. The molecule has 1 aromatic carbocycles. The fraction of sp³-hybridized carbons (Fsp3) is 0.676. The summed E-state index contributed by atoms with van der Waals surface area (Å²) >= 11 is 0. The first kappa shape index (κ1) is 34.7. The molecule has 3 heterocycles. The summed E-state index contributed by atoms with van der Waals surface area (Å²) in [5, 5.41) is 16.0. The molecule has 2 fully saturated rings. The molecule has 0 amide bonds. The fourth-order valence-corrected chi connectivity index (χ4v) is 6.30. The Bertz CT molecular complexity index is 1090. The van der Waals surface area contributed by atoms with Crippen LogP contribution in [0.3, 0.4) is 0 Å². The normalized spacial score (nSPS) is 19.5. The molecule has 9 heteroatoms. The van der Waals surface area contributed by atoms with E-state index in [1.165, 1.54) is 88.4 Å². The quantitative estimate of drug-likeness (QED) is 0.195. The van der Waals surface area contributed by atoms with Crippen molar-refractivity contribution in [2.75, 3.05) is 59.1 Å². The monoisotopic (exact) mass is 599 g/mol. The van der Waals surface area contributed by atoms with Crippen LogP contribution in [0, 0.1) is 11.8 Å². The molecule has 9 nitrogen and oxygen atoms in total. The van der Waals surface area contributed by atoms with Gasteiger partial charge in [0, 0.05) is 37.8 Å². The van der Waals surface area contributed by atoms with E-state index in [0.29, 0.717) is 0 Å². The number of carboxylic acids is 2. The predicted octanol–water partition coefficient (Wildman–Crippen LogP) is 5.74. The Morgan fingerprint density at radius 2 is 1.70 bits per heavy atom. The van der Waals surface area contributed by atoms with E-state index in [2.05, 4.69) is 52.9 Å². The van der Waals surface area contributed by atoms with Gasteiger partial charge in [-0.1, -0.05) is 46.0 Å². The average molecular weight is 600 g/mol. The topological polar surface area (TPSA) is 112 Å². The number of fused-ring (bicyclic) bond motifs is 1. The van der Waals surface area contributed by atoms with E-state index < -0.39 is 11.9 Å². The zero-order chi connectivity index (χ0) is 30.9. The van der Waals surface area contributed by atoms with Gasteiger partial charge in [0.1, 0.15) is 12.4 Å².